The van der Waals surface area contributed by atoms with Gasteiger partial charge in [0.2, 0.25) is 0 Å². The highest BCUT2D eigenvalue weighted by atomic mass is 35.5. The Morgan fingerprint density at radius 1 is 1.12 bits per heavy atom. The van der Waals surface area contributed by atoms with Crippen molar-refractivity contribution in [2.24, 2.45) is 5.92 Å². The average Bonchev–Trinajstić information content (AvgIpc) is 2.56. The summed E-state index contributed by atoms with van der Waals surface area (Å²) in [6.45, 7) is 4.37. The van der Waals surface area contributed by atoms with Gasteiger partial charge in [-0.1, -0.05) is 18.5 Å². The molecule has 0 saturated carbocycles. The van der Waals surface area contributed by atoms with Crippen molar-refractivity contribution in [3.63, 3.8) is 0 Å². The number of anilines is 2. The molecule has 24 heavy (non-hydrogen) atoms. The molecule has 128 valence electrons. The average molecular weight is 366 g/mol. The summed E-state index contributed by atoms with van der Waals surface area (Å²) in [7, 11) is -3.66. The standard InChI is InChI=1S/C17H20ClN3O2S/c1-13-8-10-21(11-9-13)15-4-2-14(3-5-15)20-24(22,23)16-6-7-17(18)19-12-16/h2-7,12-13,20H,8-11H2,1H3. The number of nitrogens with zero attached hydrogens (tertiary/aromatic N) is 2. The van der Waals surface area contributed by atoms with E-state index in [1.165, 1.54) is 31.2 Å². The third-order valence-corrected chi connectivity index (χ3v) is 5.87. The molecule has 1 aliphatic heterocycles. The lowest BCUT2D eigenvalue weighted by Crippen LogP contribution is -2.32. The van der Waals surface area contributed by atoms with E-state index in [0.29, 0.717) is 5.69 Å². The molecular formula is C17H20ClN3O2S. The number of hydrogen-bond donors (Lipinski definition) is 1. The first kappa shape index (κ1) is 17.0. The molecule has 0 spiro atoms. The highest BCUT2D eigenvalue weighted by molar-refractivity contribution is 7.92. The van der Waals surface area contributed by atoms with Crippen LogP contribution >= 0.6 is 11.6 Å². The van der Waals surface area contributed by atoms with E-state index in [4.69, 9.17) is 11.6 Å². The van der Waals surface area contributed by atoms with Gasteiger partial charge in [0.15, 0.2) is 0 Å². The van der Waals surface area contributed by atoms with E-state index in [-0.39, 0.29) is 10.0 Å². The number of rotatable bonds is 4. The van der Waals surface area contributed by atoms with Gasteiger partial charge >= 0.3 is 0 Å². The number of piperidine rings is 1. The molecule has 0 bridgehead atoms. The number of hydrogen-bond acceptors (Lipinski definition) is 4. The molecule has 3 rings (SSSR count). The molecule has 0 aliphatic carbocycles. The maximum absolute atomic E-state index is 12.3. The van der Waals surface area contributed by atoms with Crippen LogP contribution in [0.5, 0.6) is 0 Å². The predicted molar refractivity (Wildman–Crippen MR) is 97.1 cm³/mol. The molecule has 2 heterocycles. The minimum Gasteiger partial charge on any atom is -0.372 e. The van der Waals surface area contributed by atoms with Crippen LogP contribution in [0.3, 0.4) is 0 Å². The number of benzene rings is 1. The maximum atomic E-state index is 12.3. The molecular weight excluding hydrogens is 346 g/mol. The summed E-state index contributed by atoms with van der Waals surface area (Å²) in [5.74, 6) is 0.778. The fourth-order valence-corrected chi connectivity index (χ4v) is 3.86. The van der Waals surface area contributed by atoms with Gasteiger partial charge in [-0.25, -0.2) is 13.4 Å². The zero-order chi connectivity index (χ0) is 17.2. The Balaban J connectivity index is 1.70. The first-order chi connectivity index (χ1) is 11.4. The fourth-order valence-electron chi connectivity index (χ4n) is 2.74. The molecule has 0 radical (unpaired) electrons. The zero-order valence-corrected chi connectivity index (χ0v) is 15.0. The molecule has 2 aromatic rings. The van der Waals surface area contributed by atoms with Crippen molar-refractivity contribution in [2.45, 2.75) is 24.7 Å². The molecule has 1 aliphatic rings. The van der Waals surface area contributed by atoms with Crippen LogP contribution in [0, 0.1) is 5.92 Å². The summed E-state index contributed by atoms with van der Waals surface area (Å²) in [5, 5.41) is 0.258. The quantitative estimate of drug-likeness (QED) is 0.838. The van der Waals surface area contributed by atoms with Gasteiger partial charge in [-0.3, -0.25) is 4.72 Å². The van der Waals surface area contributed by atoms with Crippen molar-refractivity contribution >= 4 is 33.0 Å². The maximum Gasteiger partial charge on any atom is 0.263 e. The summed E-state index contributed by atoms with van der Waals surface area (Å²) >= 11 is 5.69. The van der Waals surface area contributed by atoms with Gasteiger partial charge < -0.3 is 4.90 Å². The van der Waals surface area contributed by atoms with E-state index < -0.39 is 10.0 Å². The second kappa shape index (κ2) is 6.99. The number of sulfonamides is 1. The third-order valence-electron chi connectivity index (χ3n) is 4.28. The Morgan fingerprint density at radius 3 is 2.38 bits per heavy atom. The summed E-state index contributed by atoms with van der Waals surface area (Å²) in [6, 6.07) is 10.4. The van der Waals surface area contributed by atoms with Crippen molar-refractivity contribution in [2.75, 3.05) is 22.7 Å². The number of nitrogens with one attached hydrogen (secondary N) is 1. The summed E-state index contributed by atoms with van der Waals surface area (Å²) < 4.78 is 27.2. The number of pyridine rings is 1. The highest BCUT2D eigenvalue weighted by Gasteiger charge is 2.17. The summed E-state index contributed by atoms with van der Waals surface area (Å²) in [5.41, 5.74) is 1.65. The van der Waals surface area contributed by atoms with E-state index in [1.807, 2.05) is 12.1 Å². The second-order valence-electron chi connectivity index (χ2n) is 6.14. The van der Waals surface area contributed by atoms with Gasteiger partial charge in [0, 0.05) is 30.7 Å². The monoisotopic (exact) mass is 365 g/mol. The van der Waals surface area contributed by atoms with Crippen molar-refractivity contribution in [3.05, 3.63) is 47.7 Å². The number of aromatic nitrogens is 1. The smallest absolute Gasteiger partial charge is 0.263 e. The van der Waals surface area contributed by atoms with Crippen LogP contribution in [-0.4, -0.2) is 26.5 Å². The van der Waals surface area contributed by atoms with E-state index in [0.717, 1.165) is 24.7 Å². The topological polar surface area (TPSA) is 62.3 Å². The van der Waals surface area contributed by atoms with Crippen LogP contribution in [0.2, 0.25) is 5.15 Å². The normalized spacial score (nSPS) is 16.2. The largest absolute Gasteiger partial charge is 0.372 e. The molecule has 1 saturated heterocycles. The minimum atomic E-state index is -3.66. The van der Waals surface area contributed by atoms with Crippen molar-refractivity contribution in [1.82, 2.24) is 4.98 Å². The van der Waals surface area contributed by atoms with E-state index in [1.54, 1.807) is 12.1 Å². The molecule has 7 heteroatoms. The fraction of sp³-hybridized carbons (Fsp3) is 0.353. The van der Waals surface area contributed by atoms with Gasteiger partial charge in [0.25, 0.3) is 10.0 Å². The van der Waals surface area contributed by atoms with Gasteiger partial charge in [0.1, 0.15) is 10.0 Å². The van der Waals surface area contributed by atoms with Gasteiger partial charge in [0.05, 0.1) is 0 Å². The number of halogens is 1. The summed E-state index contributed by atoms with van der Waals surface area (Å²) in [4.78, 5) is 6.23. The SMILES string of the molecule is CC1CCN(c2ccc(NS(=O)(=O)c3ccc(Cl)nc3)cc2)CC1. The van der Waals surface area contributed by atoms with E-state index >= 15 is 0 Å². The molecule has 1 aromatic carbocycles. The van der Waals surface area contributed by atoms with Crippen molar-refractivity contribution < 1.29 is 8.42 Å². The van der Waals surface area contributed by atoms with Crippen LogP contribution in [-0.2, 0) is 10.0 Å². The first-order valence-corrected chi connectivity index (χ1v) is 9.79. The van der Waals surface area contributed by atoms with Crippen LogP contribution in [0.4, 0.5) is 11.4 Å². The third kappa shape index (κ3) is 3.99. The molecule has 0 atom stereocenters. The zero-order valence-electron chi connectivity index (χ0n) is 13.4. The van der Waals surface area contributed by atoms with E-state index in [2.05, 4.69) is 21.5 Å². The predicted octanol–water partition coefficient (Wildman–Crippen LogP) is 3.77. The lowest BCUT2D eigenvalue weighted by Gasteiger charge is -2.32. The molecule has 0 unspecified atom stereocenters. The molecule has 1 aromatic heterocycles. The lowest BCUT2D eigenvalue weighted by molar-refractivity contribution is 0.438. The van der Waals surface area contributed by atoms with Crippen molar-refractivity contribution in [3.8, 4) is 0 Å². The Morgan fingerprint density at radius 2 is 1.79 bits per heavy atom. The lowest BCUT2D eigenvalue weighted by atomic mass is 9.99. The summed E-state index contributed by atoms with van der Waals surface area (Å²) in [6.07, 6.45) is 3.63. The van der Waals surface area contributed by atoms with Crippen molar-refractivity contribution in [1.29, 1.82) is 0 Å². The van der Waals surface area contributed by atoms with Gasteiger partial charge in [-0.2, -0.15) is 0 Å². The Hall–Kier alpha value is -1.79. The molecule has 1 N–H and O–H groups in total. The Kier molecular flexibility index (Phi) is 4.96. The van der Waals surface area contributed by atoms with Gasteiger partial charge in [-0.15, -0.1) is 0 Å². The molecule has 1 fully saturated rings. The molecule has 5 nitrogen and oxygen atoms in total. The molecule has 0 amide bonds. The van der Waals surface area contributed by atoms with Crippen LogP contribution in [0.25, 0.3) is 0 Å². The second-order valence-corrected chi connectivity index (χ2v) is 8.21. The van der Waals surface area contributed by atoms with Crippen LogP contribution in [0.15, 0.2) is 47.5 Å². The first-order valence-electron chi connectivity index (χ1n) is 7.93. The van der Waals surface area contributed by atoms with Crippen LogP contribution in [0.1, 0.15) is 19.8 Å². The van der Waals surface area contributed by atoms with E-state index in [9.17, 15) is 8.42 Å². The van der Waals surface area contributed by atoms with Crippen LogP contribution < -0.4 is 9.62 Å². The minimum absolute atomic E-state index is 0.0843. The van der Waals surface area contributed by atoms with Gasteiger partial charge in [-0.05, 0) is 55.2 Å². The Labute approximate surface area is 147 Å². The highest BCUT2D eigenvalue weighted by Crippen LogP contribution is 2.25. The Bertz CT molecular complexity index is 784.